The van der Waals surface area contributed by atoms with E-state index in [9.17, 15) is 16.8 Å². The van der Waals surface area contributed by atoms with Crippen LogP contribution >= 0.6 is 12.2 Å². The molecule has 0 rings (SSSR count). The van der Waals surface area contributed by atoms with Crippen molar-refractivity contribution < 1.29 is 25.9 Å². The van der Waals surface area contributed by atoms with Gasteiger partial charge in [0, 0.05) is 0 Å². The SMILES string of the molecule is O=S(=O)(O)CC(=S)S(=O)(=O)O. The van der Waals surface area contributed by atoms with Crippen molar-refractivity contribution in [1.29, 1.82) is 0 Å². The van der Waals surface area contributed by atoms with E-state index in [1.807, 2.05) is 0 Å². The summed E-state index contributed by atoms with van der Waals surface area (Å²) in [5.74, 6) is -1.26. The second kappa shape index (κ2) is 3.11. The van der Waals surface area contributed by atoms with E-state index >= 15 is 0 Å². The van der Waals surface area contributed by atoms with Crippen LogP contribution in [0.1, 0.15) is 0 Å². The van der Waals surface area contributed by atoms with Gasteiger partial charge in [0.05, 0.1) is 0 Å². The number of rotatable bonds is 2. The topological polar surface area (TPSA) is 109 Å². The lowest BCUT2D eigenvalue weighted by Crippen LogP contribution is -2.21. The van der Waals surface area contributed by atoms with Crippen molar-refractivity contribution >= 4 is 36.7 Å². The Labute approximate surface area is 68.7 Å². The monoisotopic (exact) mass is 220 g/mol. The summed E-state index contributed by atoms with van der Waals surface area (Å²) in [6, 6.07) is 0. The highest BCUT2D eigenvalue weighted by molar-refractivity contribution is 8.15. The second-order valence-corrected chi connectivity index (χ2v) is 5.22. The Morgan fingerprint density at radius 2 is 1.55 bits per heavy atom. The molecule has 0 atom stereocenters. The van der Waals surface area contributed by atoms with E-state index in [-0.39, 0.29) is 0 Å². The predicted octanol–water partition coefficient (Wildman–Crippen LogP) is -0.911. The molecule has 0 aromatic heterocycles. The predicted molar refractivity (Wildman–Crippen MR) is 40.6 cm³/mol. The largest absolute Gasteiger partial charge is 0.302 e. The van der Waals surface area contributed by atoms with Crippen molar-refractivity contribution in [2.45, 2.75) is 0 Å². The van der Waals surface area contributed by atoms with Crippen molar-refractivity contribution in [1.82, 2.24) is 0 Å². The van der Waals surface area contributed by atoms with E-state index in [0.717, 1.165) is 0 Å². The molecule has 0 saturated heterocycles. The fourth-order valence-corrected chi connectivity index (χ4v) is 2.01. The number of hydrogen-bond acceptors (Lipinski definition) is 5. The van der Waals surface area contributed by atoms with E-state index in [1.165, 1.54) is 0 Å². The molecule has 9 heteroatoms. The summed E-state index contributed by atoms with van der Waals surface area (Å²) in [7, 11) is -9.13. The van der Waals surface area contributed by atoms with Gasteiger partial charge >= 0.3 is 10.1 Å². The summed E-state index contributed by atoms with van der Waals surface area (Å²) in [5, 5.41) is 0. The van der Waals surface area contributed by atoms with Crippen molar-refractivity contribution in [2.75, 3.05) is 5.75 Å². The van der Waals surface area contributed by atoms with Crippen LogP contribution in [0.15, 0.2) is 0 Å². The lowest BCUT2D eigenvalue weighted by Gasteiger charge is -1.94. The van der Waals surface area contributed by atoms with Crippen LogP contribution in [-0.4, -0.2) is 35.9 Å². The van der Waals surface area contributed by atoms with Gasteiger partial charge in [-0.15, -0.1) is 0 Å². The Morgan fingerprint density at radius 3 is 1.64 bits per heavy atom. The van der Waals surface area contributed by atoms with Gasteiger partial charge in [-0.05, 0) is 0 Å². The first-order valence-corrected chi connectivity index (χ1v) is 5.54. The highest BCUT2D eigenvalue weighted by Gasteiger charge is 2.19. The van der Waals surface area contributed by atoms with Gasteiger partial charge in [0.1, 0.15) is 5.75 Å². The van der Waals surface area contributed by atoms with Crippen LogP contribution in [-0.2, 0) is 20.2 Å². The molecular weight excluding hydrogens is 216 g/mol. The molecule has 6 nitrogen and oxygen atoms in total. The van der Waals surface area contributed by atoms with Gasteiger partial charge in [0.25, 0.3) is 10.1 Å². The van der Waals surface area contributed by atoms with Crippen LogP contribution in [0, 0.1) is 0 Å². The molecule has 0 aromatic rings. The Morgan fingerprint density at radius 1 is 1.18 bits per heavy atom. The molecule has 0 aliphatic rings. The van der Waals surface area contributed by atoms with Crippen molar-refractivity contribution in [2.24, 2.45) is 0 Å². The number of thiocarbonyl (C=S) groups is 1. The van der Waals surface area contributed by atoms with Crippen LogP contribution in [0.25, 0.3) is 0 Å². The molecule has 0 aromatic carbocycles. The van der Waals surface area contributed by atoms with Crippen LogP contribution in [0.3, 0.4) is 0 Å². The average Bonchev–Trinajstić information content (AvgIpc) is 1.56. The number of hydrogen-bond donors (Lipinski definition) is 2. The smallest absolute Gasteiger partial charge is 0.285 e. The molecule has 0 aliphatic heterocycles. The second-order valence-electron chi connectivity index (χ2n) is 1.57. The first-order valence-electron chi connectivity index (χ1n) is 2.08. The maximum atomic E-state index is 10.0. The van der Waals surface area contributed by atoms with Gasteiger partial charge < -0.3 is 0 Å². The zero-order valence-corrected chi connectivity index (χ0v) is 7.41. The summed E-state index contributed by atoms with van der Waals surface area (Å²) in [5.41, 5.74) is 0. The highest BCUT2D eigenvalue weighted by Crippen LogP contribution is 1.93. The van der Waals surface area contributed by atoms with Gasteiger partial charge in [-0.2, -0.15) is 16.8 Å². The maximum absolute atomic E-state index is 10.0. The summed E-state index contributed by atoms with van der Waals surface area (Å²) < 4.78 is 55.1. The first kappa shape index (κ1) is 10.9. The average molecular weight is 220 g/mol. The molecule has 0 heterocycles. The molecule has 66 valence electrons. The minimum Gasteiger partial charge on any atom is -0.285 e. The molecule has 0 spiro atoms. The Hall–Kier alpha value is -0.0900. The first-order chi connectivity index (χ1) is 4.63. The van der Waals surface area contributed by atoms with Gasteiger partial charge in [-0.25, -0.2) is 0 Å². The summed E-state index contributed by atoms with van der Waals surface area (Å²) in [4.78, 5) is 0. The van der Waals surface area contributed by atoms with Crippen LogP contribution < -0.4 is 0 Å². The van der Waals surface area contributed by atoms with Gasteiger partial charge in [0.15, 0.2) is 4.20 Å². The Balaban J connectivity index is 4.62. The van der Waals surface area contributed by atoms with E-state index in [0.29, 0.717) is 0 Å². The molecule has 0 unspecified atom stereocenters. The van der Waals surface area contributed by atoms with Gasteiger partial charge in [0.2, 0.25) is 0 Å². The minimum absolute atomic E-state index is 1.12. The summed E-state index contributed by atoms with van der Waals surface area (Å²) >= 11 is 3.96. The third-order valence-corrected chi connectivity index (χ3v) is 3.10. The maximum Gasteiger partial charge on any atom is 0.302 e. The van der Waals surface area contributed by atoms with Crippen LogP contribution in [0.5, 0.6) is 0 Å². The molecular formula is C2H4O6S3. The Bertz CT molecular complexity index is 345. The quantitative estimate of drug-likeness (QED) is 0.458. The lowest BCUT2D eigenvalue weighted by molar-refractivity contribution is 0.484. The molecule has 0 radical (unpaired) electrons. The molecule has 11 heavy (non-hydrogen) atoms. The fourth-order valence-electron chi connectivity index (χ4n) is 0.223. The van der Waals surface area contributed by atoms with Gasteiger partial charge in [-0.3, -0.25) is 9.11 Å². The van der Waals surface area contributed by atoms with E-state index in [4.69, 9.17) is 9.11 Å². The van der Waals surface area contributed by atoms with Crippen molar-refractivity contribution in [3.63, 3.8) is 0 Å². The summed E-state index contributed by atoms with van der Waals surface area (Å²) in [6.45, 7) is 0. The summed E-state index contributed by atoms with van der Waals surface area (Å²) in [6.07, 6.45) is 0. The molecule has 0 aliphatic carbocycles. The van der Waals surface area contributed by atoms with E-state index in [2.05, 4.69) is 12.2 Å². The normalized spacial score (nSPS) is 12.9. The minimum atomic E-state index is -4.64. The lowest BCUT2D eigenvalue weighted by atomic mass is 11.0. The standard InChI is InChI=1S/C2H4O6S3/c3-10(4,5)1-2(9)11(6,7)8/h1H2,(H,3,4,5)(H,6,7,8). The van der Waals surface area contributed by atoms with E-state index < -0.39 is 30.2 Å². The van der Waals surface area contributed by atoms with Crippen molar-refractivity contribution in [3.05, 3.63) is 0 Å². The zero-order valence-electron chi connectivity index (χ0n) is 4.96. The molecule has 0 saturated carbocycles. The Kier molecular flexibility index (Phi) is 3.08. The fraction of sp³-hybridized carbons (Fsp3) is 0.500. The van der Waals surface area contributed by atoms with Crippen molar-refractivity contribution in [3.8, 4) is 0 Å². The molecule has 0 fully saturated rings. The third kappa shape index (κ3) is 5.21. The van der Waals surface area contributed by atoms with Crippen LogP contribution in [0.4, 0.5) is 0 Å². The van der Waals surface area contributed by atoms with Crippen LogP contribution in [0.2, 0.25) is 0 Å². The zero-order chi connectivity index (χ0) is 9.28. The molecule has 2 N–H and O–H groups in total. The molecule has 0 amide bonds. The third-order valence-electron chi connectivity index (χ3n) is 0.588. The van der Waals surface area contributed by atoms with E-state index in [1.54, 1.807) is 0 Å². The highest BCUT2D eigenvalue weighted by atomic mass is 32.2. The molecule has 0 bridgehead atoms. The van der Waals surface area contributed by atoms with Gasteiger partial charge in [-0.1, -0.05) is 12.2 Å².